The Labute approximate surface area is 135 Å². The Balaban J connectivity index is 1.84. The highest BCUT2D eigenvalue weighted by molar-refractivity contribution is 9.10. The van der Waals surface area contributed by atoms with Crippen molar-refractivity contribution in [2.24, 2.45) is 0 Å². The molecule has 0 atom stereocenters. The Morgan fingerprint density at radius 2 is 2.00 bits per heavy atom. The molecule has 0 aliphatic heterocycles. The van der Waals surface area contributed by atoms with Crippen LogP contribution in [0.1, 0.15) is 22.8 Å². The van der Waals surface area contributed by atoms with E-state index >= 15 is 0 Å². The van der Waals surface area contributed by atoms with Crippen molar-refractivity contribution in [2.45, 2.75) is 13.3 Å². The van der Waals surface area contributed by atoms with Crippen LogP contribution in [0.4, 0.5) is 5.13 Å². The highest BCUT2D eigenvalue weighted by atomic mass is 79.9. The summed E-state index contributed by atoms with van der Waals surface area (Å²) < 4.78 is 2.05. The largest absolute Gasteiger partial charge is 0.298 e. The van der Waals surface area contributed by atoms with Crippen LogP contribution in [-0.2, 0) is 6.42 Å². The van der Waals surface area contributed by atoms with E-state index in [-0.39, 0.29) is 5.91 Å². The van der Waals surface area contributed by atoms with Crippen molar-refractivity contribution in [1.82, 2.24) is 4.98 Å². The van der Waals surface area contributed by atoms with Crippen LogP contribution in [-0.4, -0.2) is 10.9 Å². The lowest BCUT2D eigenvalue weighted by atomic mass is 10.2. The average molecular weight is 361 g/mol. The minimum absolute atomic E-state index is 0.141. The number of nitrogens with zero attached hydrogens (tertiary/aromatic N) is 1. The zero-order chi connectivity index (χ0) is 14.8. The number of nitrogens with one attached hydrogen (secondary N) is 1. The van der Waals surface area contributed by atoms with E-state index in [1.165, 1.54) is 16.9 Å². The number of halogens is 1. The molecule has 21 heavy (non-hydrogen) atoms. The van der Waals surface area contributed by atoms with Gasteiger partial charge in [0.05, 0.1) is 10.2 Å². The lowest BCUT2D eigenvalue weighted by molar-refractivity contribution is 0.102. The summed E-state index contributed by atoms with van der Waals surface area (Å²) in [6.07, 6.45) is 0.994. The van der Waals surface area contributed by atoms with E-state index in [2.05, 4.69) is 45.3 Å². The van der Waals surface area contributed by atoms with Crippen LogP contribution in [0.5, 0.6) is 0 Å². The summed E-state index contributed by atoms with van der Waals surface area (Å²) >= 11 is 4.86. The highest BCUT2D eigenvalue weighted by Crippen LogP contribution is 2.27. The third kappa shape index (κ3) is 3.14. The minimum atomic E-state index is -0.141. The van der Waals surface area contributed by atoms with Crippen molar-refractivity contribution in [3.05, 3.63) is 58.1 Å². The first-order chi connectivity index (χ1) is 10.2. The molecular formula is C16H13BrN2OS. The third-order valence-electron chi connectivity index (χ3n) is 3.19. The molecule has 1 aromatic heterocycles. The maximum atomic E-state index is 12.2. The molecule has 0 unspecified atom stereocenters. The molecule has 0 aliphatic carbocycles. The smallest absolute Gasteiger partial charge is 0.257 e. The van der Waals surface area contributed by atoms with E-state index in [1.807, 2.05) is 18.2 Å². The number of amides is 1. The molecule has 0 radical (unpaired) electrons. The van der Waals surface area contributed by atoms with E-state index in [4.69, 9.17) is 0 Å². The molecule has 0 fully saturated rings. The van der Waals surface area contributed by atoms with Crippen molar-refractivity contribution < 1.29 is 4.79 Å². The summed E-state index contributed by atoms with van der Waals surface area (Å²) in [6.45, 7) is 2.12. The minimum Gasteiger partial charge on any atom is -0.298 e. The number of hydrogen-bond donors (Lipinski definition) is 1. The molecule has 5 heteroatoms. The fraction of sp³-hybridized carbons (Fsp3) is 0.125. The number of benzene rings is 2. The zero-order valence-corrected chi connectivity index (χ0v) is 13.8. The highest BCUT2D eigenvalue weighted by Gasteiger charge is 2.10. The topological polar surface area (TPSA) is 42.0 Å². The molecule has 0 spiro atoms. The monoisotopic (exact) mass is 360 g/mol. The lowest BCUT2D eigenvalue weighted by Gasteiger charge is -2.01. The average Bonchev–Trinajstić information content (AvgIpc) is 2.88. The third-order valence-corrected chi connectivity index (χ3v) is 4.65. The van der Waals surface area contributed by atoms with Gasteiger partial charge < -0.3 is 0 Å². The van der Waals surface area contributed by atoms with E-state index in [1.54, 1.807) is 12.1 Å². The summed E-state index contributed by atoms with van der Waals surface area (Å²) in [6, 6.07) is 13.5. The molecule has 0 aliphatic rings. The molecule has 106 valence electrons. The van der Waals surface area contributed by atoms with E-state index in [0.29, 0.717) is 10.7 Å². The van der Waals surface area contributed by atoms with Gasteiger partial charge in [0.15, 0.2) is 5.13 Å². The molecule has 1 amide bonds. The Morgan fingerprint density at radius 3 is 2.71 bits per heavy atom. The number of aromatic nitrogens is 1. The van der Waals surface area contributed by atoms with E-state index in [9.17, 15) is 4.79 Å². The van der Waals surface area contributed by atoms with Crippen LogP contribution in [0.25, 0.3) is 10.2 Å². The van der Waals surface area contributed by atoms with Gasteiger partial charge in [-0.15, -0.1) is 0 Å². The van der Waals surface area contributed by atoms with Gasteiger partial charge in [0.1, 0.15) is 0 Å². The standard InChI is InChI=1S/C16H13BrN2OS/c1-2-10-3-8-13-14(9-10)21-16(18-13)19-15(20)11-4-6-12(17)7-5-11/h3-9H,2H2,1H3,(H,18,19,20). The fourth-order valence-electron chi connectivity index (χ4n) is 2.01. The van der Waals surface area contributed by atoms with E-state index < -0.39 is 0 Å². The number of fused-ring (bicyclic) bond motifs is 1. The number of carbonyl (C=O) groups excluding carboxylic acids is 1. The van der Waals surface area contributed by atoms with Crippen LogP contribution in [0.15, 0.2) is 46.9 Å². The van der Waals surface area contributed by atoms with Gasteiger partial charge in [-0.2, -0.15) is 0 Å². The number of aryl methyl sites for hydroxylation is 1. The van der Waals surface area contributed by atoms with Crippen LogP contribution >= 0.6 is 27.3 Å². The SMILES string of the molecule is CCc1ccc2nc(NC(=O)c3ccc(Br)cc3)sc2c1. The molecule has 0 saturated heterocycles. The molecule has 1 N–H and O–H groups in total. The molecule has 3 rings (SSSR count). The van der Waals surface area contributed by atoms with Gasteiger partial charge in [-0.25, -0.2) is 4.98 Å². The van der Waals surface area contributed by atoms with Gasteiger partial charge in [0, 0.05) is 10.0 Å². The first-order valence-corrected chi connectivity index (χ1v) is 8.23. The predicted molar refractivity (Wildman–Crippen MR) is 91.1 cm³/mol. The predicted octanol–water partition coefficient (Wildman–Crippen LogP) is 4.87. The number of carbonyl (C=O) groups is 1. The van der Waals surface area contributed by atoms with Crippen molar-refractivity contribution >= 4 is 48.5 Å². The Bertz CT molecular complexity index is 796. The molecule has 3 nitrogen and oxygen atoms in total. The lowest BCUT2D eigenvalue weighted by Crippen LogP contribution is -2.11. The van der Waals surface area contributed by atoms with Crippen molar-refractivity contribution in [1.29, 1.82) is 0 Å². The molecule has 0 saturated carbocycles. The molecular weight excluding hydrogens is 348 g/mol. The molecule has 0 bridgehead atoms. The normalized spacial score (nSPS) is 10.8. The van der Waals surface area contributed by atoms with Crippen LogP contribution in [0, 0.1) is 0 Å². The van der Waals surface area contributed by atoms with Crippen molar-refractivity contribution in [3.63, 3.8) is 0 Å². The van der Waals surface area contributed by atoms with Crippen molar-refractivity contribution in [2.75, 3.05) is 5.32 Å². The molecule has 1 heterocycles. The second kappa shape index (κ2) is 5.95. The first-order valence-electron chi connectivity index (χ1n) is 6.62. The van der Waals surface area contributed by atoms with Gasteiger partial charge in [-0.3, -0.25) is 10.1 Å². The van der Waals surface area contributed by atoms with Crippen LogP contribution in [0.3, 0.4) is 0 Å². The summed E-state index contributed by atoms with van der Waals surface area (Å²) in [7, 11) is 0. The molecule has 3 aromatic rings. The van der Waals surface area contributed by atoms with Gasteiger partial charge >= 0.3 is 0 Å². The Hall–Kier alpha value is -1.72. The molecule has 2 aromatic carbocycles. The number of anilines is 1. The van der Waals surface area contributed by atoms with Gasteiger partial charge in [0.25, 0.3) is 5.91 Å². The summed E-state index contributed by atoms with van der Waals surface area (Å²) in [4.78, 5) is 16.6. The number of thiazole rings is 1. The Kier molecular flexibility index (Phi) is 4.03. The van der Waals surface area contributed by atoms with Crippen LogP contribution < -0.4 is 5.32 Å². The van der Waals surface area contributed by atoms with Crippen LogP contribution in [0.2, 0.25) is 0 Å². The fourth-order valence-corrected chi connectivity index (χ4v) is 3.20. The quantitative estimate of drug-likeness (QED) is 0.723. The first kappa shape index (κ1) is 14.2. The second-order valence-electron chi connectivity index (χ2n) is 4.64. The van der Waals surface area contributed by atoms with Gasteiger partial charge in [-0.1, -0.05) is 40.3 Å². The maximum absolute atomic E-state index is 12.2. The number of rotatable bonds is 3. The summed E-state index contributed by atoms with van der Waals surface area (Å²) in [5, 5.41) is 3.49. The zero-order valence-electron chi connectivity index (χ0n) is 11.4. The van der Waals surface area contributed by atoms with E-state index in [0.717, 1.165) is 21.1 Å². The second-order valence-corrected chi connectivity index (χ2v) is 6.58. The number of hydrogen-bond acceptors (Lipinski definition) is 3. The van der Waals surface area contributed by atoms with Crippen molar-refractivity contribution in [3.8, 4) is 0 Å². The maximum Gasteiger partial charge on any atom is 0.257 e. The Morgan fingerprint density at radius 1 is 1.24 bits per heavy atom. The van der Waals surface area contributed by atoms with Gasteiger partial charge in [-0.05, 0) is 48.4 Å². The van der Waals surface area contributed by atoms with Gasteiger partial charge in [0.2, 0.25) is 0 Å². The summed E-state index contributed by atoms with van der Waals surface area (Å²) in [5.41, 5.74) is 2.81. The summed E-state index contributed by atoms with van der Waals surface area (Å²) in [5.74, 6) is -0.141.